The molecule has 0 radical (unpaired) electrons. The third-order valence-electron chi connectivity index (χ3n) is 2.53. The van der Waals surface area contributed by atoms with E-state index in [0.717, 1.165) is 0 Å². The van der Waals surface area contributed by atoms with Gasteiger partial charge in [-0.15, -0.1) is 0 Å². The maximum absolute atomic E-state index is 12.1. The van der Waals surface area contributed by atoms with Gasteiger partial charge >= 0.3 is 0 Å². The lowest BCUT2D eigenvalue weighted by molar-refractivity contribution is -0.384. The largest absolute Gasteiger partial charge is 0.318 e. The van der Waals surface area contributed by atoms with Crippen LogP contribution in [0.25, 0.3) is 0 Å². The number of para-hydroxylation sites is 1. The lowest BCUT2D eigenvalue weighted by Crippen LogP contribution is -2.18. The molecule has 4 N–H and O–H groups in total. The molecule has 0 fully saturated rings. The normalized spacial score (nSPS) is 9.85. The zero-order valence-electron chi connectivity index (χ0n) is 10.2. The number of nitro groups is 1. The van der Waals surface area contributed by atoms with E-state index in [1.807, 2.05) is 0 Å². The molecule has 0 aliphatic heterocycles. The molecule has 1 aromatic heterocycles. The molecule has 20 heavy (non-hydrogen) atoms. The Morgan fingerprint density at radius 2 is 2.05 bits per heavy atom. The maximum Gasteiger partial charge on any atom is 0.294 e. The van der Waals surface area contributed by atoms with Gasteiger partial charge in [0.1, 0.15) is 11.5 Å². The highest BCUT2D eigenvalue weighted by Gasteiger charge is 2.21. The number of nitrogens with zero attached hydrogens (tertiary/aromatic N) is 2. The standard InChI is InChI=1S/C12H11N5O3/c13-16-11-8(4-3-5-9(11)17(19)20)12(18)15-10-6-1-2-7-14-10/h1-7,16H,13H2,(H,14,15,18). The molecule has 0 spiro atoms. The van der Waals surface area contributed by atoms with Crippen LogP contribution >= 0.6 is 0 Å². The summed E-state index contributed by atoms with van der Waals surface area (Å²) in [7, 11) is 0. The zero-order valence-corrected chi connectivity index (χ0v) is 10.2. The molecule has 2 aromatic rings. The first-order chi connectivity index (χ1) is 9.63. The molecule has 8 heteroatoms. The highest BCUT2D eigenvalue weighted by atomic mass is 16.6. The summed E-state index contributed by atoms with van der Waals surface area (Å²) in [6, 6.07) is 9.11. The lowest BCUT2D eigenvalue weighted by atomic mass is 10.1. The van der Waals surface area contributed by atoms with Crippen molar-refractivity contribution in [1.29, 1.82) is 0 Å². The van der Waals surface area contributed by atoms with Crippen LogP contribution in [0.1, 0.15) is 10.4 Å². The van der Waals surface area contributed by atoms with Crippen molar-refractivity contribution in [3.63, 3.8) is 0 Å². The summed E-state index contributed by atoms with van der Waals surface area (Å²) >= 11 is 0. The van der Waals surface area contributed by atoms with Gasteiger partial charge in [-0.05, 0) is 18.2 Å². The maximum atomic E-state index is 12.1. The molecule has 0 bridgehead atoms. The van der Waals surface area contributed by atoms with Crippen molar-refractivity contribution in [2.75, 3.05) is 10.7 Å². The fourth-order valence-corrected chi connectivity index (χ4v) is 1.65. The van der Waals surface area contributed by atoms with E-state index in [2.05, 4.69) is 15.7 Å². The van der Waals surface area contributed by atoms with Crippen LogP contribution in [-0.2, 0) is 0 Å². The number of rotatable bonds is 4. The number of hydrogen-bond acceptors (Lipinski definition) is 6. The molecule has 0 unspecified atom stereocenters. The van der Waals surface area contributed by atoms with Crippen LogP contribution in [0.2, 0.25) is 0 Å². The van der Waals surface area contributed by atoms with Gasteiger partial charge in [0.2, 0.25) is 0 Å². The highest BCUT2D eigenvalue weighted by molar-refractivity contribution is 6.08. The predicted molar refractivity (Wildman–Crippen MR) is 73.1 cm³/mol. The average Bonchev–Trinajstić information content (AvgIpc) is 2.47. The molecule has 0 aliphatic rings. The SMILES string of the molecule is NNc1c(C(=O)Nc2ccccn2)cccc1[N+](=O)[O-]. The third kappa shape index (κ3) is 2.70. The molecule has 0 atom stereocenters. The fraction of sp³-hybridized carbons (Fsp3) is 0. The molecule has 102 valence electrons. The van der Waals surface area contributed by atoms with Crippen molar-refractivity contribution in [3.8, 4) is 0 Å². The molecule has 0 aliphatic carbocycles. The molecule has 8 nitrogen and oxygen atoms in total. The monoisotopic (exact) mass is 273 g/mol. The Bertz CT molecular complexity index is 645. The Hall–Kier alpha value is -3.00. The van der Waals surface area contributed by atoms with E-state index >= 15 is 0 Å². The molecule has 1 heterocycles. The van der Waals surface area contributed by atoms with Gasteiger partial charge in [0, 0.05) is 12.3 Å². The van der Waals surface area contributed by atoms with E-state index < -0.39 is 10.8 Å². The first-order valence-corrected chi connectivity index (χ1v) is 5.60. The average molecular weight is 273 g/mol. The van der Waals surface area contributed by atoms with Crippen molar-refractivity contribution in [2.45, 2.75) is 0 Å². The molecule has 0 saturated carbocycles. The number of nitrogens with one attached hydrogen (secondary N) is 2. The van der Waals surface area contributed by atoms with Crippen LogP contribution in [0.15, 0.2) is 42.6 Å². The first kappa shape index (κ1) is 13.4. The van der Waals surface area contributed by atoms with Gasteiger partial charge in [0.05, 0.1) is 10.5 Å². The van der Waals surface area contributed by atoms with E-state index in [1.165, 1.54) is 24.4 Å². The van der Waals surface area contributed by atoms with Gasteiger partial charge in [0.25, 0.3) is 11.6 Å². The fourth-order valence-electron chi connectivity index (χ4n) is 1.65. The van der Waals surface area contributed by atoms with Gasteiger partial charge in [-0.3, -0.25) is 20.8 Å². The molecule has 2 rings (SSSR count). The smallest absolute Gasteiger partial charge is 0.294 e. The second kappa shape index (κ2) is 5.76. The summed E-state index contributed by atoms with van der Waals surface area (Å²) in [5, 5.41) is 13.4. The van der Waals surface area contributed by atoms with Gasteiger partial charge < -0.3 is 10.7 Å². The molecular formula is C12H11N5O3. The second-order valence-corrected chi connectivity index (χ2v) is 3.77. The van der Waals surface area contributed by atoms with E-state index in [1.54, 1.807) is 18.2 Å². The Kier molecular flexibility index (Phi) is 3.87. The number of carbonyl (C=O) groups is 1. The number of pyridine rings is 1. The Balaban J connectivity index is 2.35. The zero-order chi connectivity index (χ0) is 14.5. The minimum Gasteiger partial charge on any atom is -0.318 e. The molecule has 1 aromatic carbocycles. The van der Waals surface area contributed by atoms with E-state index in [4.69, 9.17) is 5.84 Å². The van der Waals surface area contributed by atoms with Crippen molar-refractivity contribution in [3.05, 3.63) is 58.3 Å². The van der Waals surface area contributed by atoms with E-state index in [0.29, 0.717) is 5.82 Å². The summed E-state index contributed by atoms with van der Waals surface area (Å²) in [5.74, 6) is 5.07. The van der Waals surface area contributed by atoms with Crippen LogP contribution in [0, 0.1) is 10.1 Å². The number of carbonyl (C=O) groups excluding carboxylic acids is 1. The predicted octanol–water partition coefficient (Wildman–Crippen LogP) is 1.53. The van der Waals surface area contributed by atoms with Crippen LogP contribution in [0.4, 0.5) is 17.2 Å². The quantitative estimate of drug-likeness (QED) is 0.441. The summed E-state index contributed by atoms with van der Waals surface area (Å²) in [6.07, 6.45) is 1.52. The third-order valence-corrected chi connectivity index (χ3v) is 2.53. The van der Waals surface area contributed by atoms with Crippen molar-refractivity contribution in [2.24, 2.45) is 5.84 Å². The van der Waals surface area contributed by atoms with Gasteiger partial charge in [-0.2, -0.15) is 0 Å². The van der Waals surface area contributed by atoms with Crippen molar-refractivity contribution < 1.29 is 9.72 Å². The minimum absolute atomic E-state index is 0.0501. The summed E-state index contributed by atoms with van der Waals surface area (Å²) in [5.41, 5.74) is 1.92. The Morgan fingerprint density at radius 3 is 2.65 bits per heavy atom. The number of nitrogens with two attached hydrogens (primary N) is 1. The number of nitrogen functional groups attached to an aromatic ring is 1. The Labute approximate surface area is 113 Å². The van der Waals surface area contributed by atoms with Crippen molar-refractivity contribution in [1.82, 2.24) is 4.98 Å². The number of anilines is 2. The number of amides is 1. The first-order valence-electron chi connectivity index (χ1n) is 5.60. The molecular weight excluding hydrogens is 262 g/mol. The number of hydrazine groups is 1. The van der Waals surface area contributed by atoms with Crippen LogP contribution < -0.4 is 16.6 Å². The summed E-state index contributed by atoms with van der Waals surface area (Å²) in [6.45, 7) is 0. The van der Waals surface area contributed by atoms with Gasteiger partial charge in [-0.25, -0.2) is 4.98 Å². The van der Waals surface area contributed by atoms with Crippen LogP contribution in [0.5, 0.6) is 0 Å². The van der Waals surface area contributed by atoms with E-state index in [-0.39, 0.29) is 16.9 Å². The van der Waals surface area contributed by atoms with Gasteiger partial charge in [0.15, 0.2) is 0 Å². The van der Waals surface area contributed by atoms with Crippen LogP contribution in [-0.4, -0.2) is 15.8 Å². The minimum atomic E-state index is -0.618. The van der Waals surface area contributed by atoms with Gasteiger partial charge in [-0.1, -0.05) is 12.1 Å². The lowest BCUT2D eigenvalue weighted by Gasteiger charge is -2.09. The van der Waals surface area contributed by atoms with E-state index in [9.17, 15) is 14.9 Å². The highest BCUT2D eigenvalue weighted by Crippen LogP contribution is 2.27. The van der Waals surface area contributed by atoms with Crippen LogP contribution in [0.3, 0.4) is 0 Å². The van der Waals surface area contributed by atoms with Crippen molar-refractivity contribution >= 4 is 23.1 Å². The number of benzene rings is 1. The number of nitro benzene ring substituents is 1. The summed E-state index contributed by atoms with van der Waals surface area (Å²) < 4.78 is 0. The topological polar surface area (TPSA) is 123 Å². The summed E-state index contributed by atoms with van der Waals surface area (Å²) in [4.78, 5) is 26.3. The second-order valence-electron chi connectivity index (χ2n) is 3.77. The molecule has 0 saturated heterocycles. The number of aromatic nitrogens is 1. The molecule has 1 amide bonds. The number of hydrogen-bond donors (Lipinski definition) is 3. The Morgan fingerprint density at radius 1 is 1.25 bits per heavy atom.